The quantitative estimate of drug-likeness (QED) is 0.707. The smallest absolute Gasteiger partial charge is 0.0124 e. The minimum Gasteiger partial charge on any atom is -0.314 e. The first kappa shape index (κ1) is 13.3. The molecule has 1 aliphatic carbocycles. The molecule has 3 nitrogen and oxygen atoms in total. The zero-order valence-electron chi connectivity index (χ0n) is 11.6. The second-order valence-electron chi connectivity index (χ2n) is 5.99. The number of rotatable bonds is 6. The van der Waals surface area contributed by atoms with Gasteiger partial charge in [0.15, 0.2) is 0 Å². The summed E-state index contributed by atoms with van der Waals surface area (Å²) < 4.78 is 0. The van der Waals surface area contributed by atoms with Crippen molar-refractivity contribution in [1.82, 2.24) is 15.1 Å². The fourth-order valence-electron chi connectivity index (χ4n) is 3.43. The Labute approximate surface area is 107 Å². The van der Waals surface area contributed by atoms with Crippen LogP contribution in [0.3, 0.4) is 0 Å². The van der Waals surface area contributed by atoms with Crippen LogP contribution in [-0.2, 0) is 0 Å². The van der Waals surface area contributed by atoms with Gasteiger partial charge in [0, 0.05) is 32.2 Å². The van der Waals surface area contributed by atoms with Gasteiger partial charge in [-0.05, 0) is 45.8 Å². The predicted octanol–water partition coefficient (Wildman–Crippen LogP) is 1.40. The van der Waals surface area contributed by atoms with Gasteiger partial charge in [-0.3, -0.25) is 4.90 Å². The molecule has 0 amide bonds. The van der Waals surface area contributed by atoms with Crippen LogP contribution in [0.4, 0.5) is 0 Å². The van der Waals surface area contributed by atoms with Crippen molar-refractivity contribution in [3.63, 3.8) is 0 Å². The highest BCUT2D eigenvalue weighted by atomic mass is 15.2. The Kier molecular flexibility index (Phi) is 5.26. The Balaban J connectivity index is 1.59. The molecule has 2 rings (SSSR count). The molecule has 0 bridgehead atoms. The lowest BCUT2D eigenvalue weighted by Gasteiger charge is -2.31. The zero-order valence-corrected chi connectivity index (χ0v) is 11.6. The van der Waals surface area contributed by atoms with Crippen molar-refractivity contribution in [2.24, 2.45) is 5.92 Å². The molecule has 0 aromatic heterocycles. The summed E-state index contributed by atoms with van der Waals surface area (Å²) in [6.07, 6.45) is 7.36. The first-order valence-electron chi connectivity index (χ1n) is 7.37. The Morgan fingerprint density at radius 3 is 2.76 bits per heavy atom. The molecule has 2 atom stereocenters. The topological polar surface area (TPSA) is 18.5 Å². The predicted molar refractivity (Wildman–Crippen MR) is 73.4 cm³/mol. The maximum atomic E-state index is 3.56. The molecule has 1 saturated carbocycles. The average molecular weight is 239 g/mol. The number of fused-ring (bicyclic) bond motifs is 1. The van der Waals surface area contributed by atoms with E-state index in [1.54, 1.807) is 0 Å². The number of likely N-dealkylation sites (tertiary alicyclic amines) is 1. The SMILES string of the molecule is CN(C)CCNCCN1CCC2CCCCC21. The van der Waals surface area contributed by atoms with Crippen LogP contribution in [-0.4, -0.2) is 62.7 Å². The van der Waals surface area contributed by atoms with Gasteiger partial charge in [-0.1, -0.05) is 12.8 Å². The molecule has 2 fully saturated rings. The molecule has 17 heavy (non-hydrogen) atoms. The van der Waals surface area contributed by atoms with Crippen molar-refractivity contribution >= 4 is 0 Å². The monoisotopic (exact) mass is 239 g/mol. The van der Waals surface area contributed by atoms with Gasteiger partial charge in [0.1, 0.15) is 0 Å². The molecule has 100 valence electrons. The summed E-state index contributed by atoms with van der Waals surface area (Å²) in [6.45, 7) is 6.04. The van der Waals surface area contributed by atoms with E-state index in [0.29, 0.717) is 0 Å². The van der Waals surface area contributed by atoms with Crippen LogP contribution in [0.2, 0.25) is 0 Å². The number of hydrogen-bond acceptors (Lipinski definition) is 3. The maximum absolute atomic E-state index is 3.56. The van der Waals surface area contributed by atoms with E-state index in [1.807, 2.05) is 0 Å². The van der Waals surface area contributed by atoms with E-state index in [9.17, 15) is 0 Å². The Morgan fingerprint density at radius 2 is 1.94 bits per heavy atom. The molecule has 0 radical (unpaired) electrons. The van der Waals surface area contributed by atoms with E-state index < -0.39 is 0 Å². The Bertz CT molecular complexity index is 218. The van der Waals surface area contributed by atoms with E-state index in [2.05, 4.69) is 29.2 Å². The standard InChI is InChI=1S/C14H29N3/c1-16(2)11-8-15-9-12-17-10-7-13-5-3-4-6-14(13)17/h13-15H,3-12H2,1-2H3. The fraction of sp³-hybridized carbons (Fsp3) is 1.00. The van der Waals surface area contributed by atoms with E-state index in [0.717, 1.165) is 31.6 Å². The van der Waals surface area contributed by atoms with Gasteiger partial charge in [0.05, 0.1) is 0 Å². The second kappa shape index (κ2) is 6.72. The summed E-state index contributed by atoms with van der Waals surface area (Å²) in [5.41, 5.74) is 0. The molecule has 0 spiro atoms. The van der Waals surface area contributed by atoms with Gasteiger partial charge in [-0.15, -0.1) is 0 Å². The lowest BCUT2D eigenvalue weighted by molar-refractivity contribution is 0.183. The van der Waals surface area contributed by atoms with Crippen molar-refractivity contribution in [2.45, 2.75) is 38.1 Å². The molecule has 1 saturated heterocycles. The fourth-order valence-corrected chi connectivity index (χ4v) is 3.43. The summed E-state index contributed by atoms with van der Waals surface area (Å²) in [5, 5.41) is 3.56. The van der Waals surface area contributed by atoms with E-state index in [1.165, 1.54) is 45.2 Å². The lowest BCUT2D eigenvalue weighted by atomic mass is 9.85. The van der Waals surface area contributed by atoms with Gasteiger partial charge in [0.2, 0.25) is 0 Å². The van der Waals surface area contributed by atoms with Gasteiger partial charge in [-0.2, -0.15) is 0 Å². The second-order valence-corrected chi connectivity index (χ2v) is 5.99. The molecule has 3 heteroatoms. The summed E-state index contributed by atoms with van der Waals surface area (Å²) >= 11 is 0. The third-order valence-electron chi connectivity index (χ3n) is 4.44. The first-order chi connectivity index (χ1) is 8.27. The highest BCUT2D eigenvalue weighted by Gasteiger charge is 2.34. The number of hydrogen-bond donors (Lipinski definition) is 1. The highest BCUT2D eigenvalue weighted by Crippen LogP contribution is 2.35. The van der Waals surface area contributed by atoms with Crippen molar-refractivity contribution in [1.29, 1.82) is 0 Å². The van der Waals surface area contributed by atoms with Crippen LogP contribution in [0, 0.1) is 5.92 Å². The highest BCUT2D eigenvalue weighted by molar-refractivity contribution is 4.89. The maximum Gasteiger partial charge on any atom is 0.0124 e. The molecule has 1 N–H and O–H groups in total. The summed E-state index contributed by atoms with van der Waals surface area (Å²) in [4.78, 5) is 4.98. The number of nitrogens with one attached hydrogen (secondary N) is 1. The van der Waals surface area contributed by atoms with Crippen molar-refractivity contribution in [2.75, 3.05) is 46.8 Å². The molecule has 2 aliphatic rings. The number of nitrogens with zero attached hydrogens (tertiary/aromatic N) is 2. The minimum atomic E-state index is 0.930. The minimum absolute atomic E-state index is 0.930. The van der Waals surface area contributed by atoms with Crippen LogP contribution in [0.5, 0.6) is 0 Å². The largest absolute Gasteiger partial charge is 0.314 e. The van der Waals surface area contributed by atoms with Gasteiger partial charge < -0.3 is 10.2 Å². The average Bonchev–Trinajstić information content (AvgIpc) is 2.72. The van der Waals surface area contributed by atoms with Crippen LogP contribution in [0.15, 0.2) is 0 Å². The molecule has 0 aromatic carbocycles. The Hall–Kier alpha value is -0.120. The first-order valence-corrected chi connectivity index (χ1v) is 7.37. The van der Waals surface area contributed by atoms with E-state index >= 15 is 0 Å². The molecule has 1 aliphatic heterocycles. The third kappa shape index (κ3) is 3.94. The molecule has 2 unspecified atom stereocenters. The third-order valence-corrected chi connectivity index (χ3v) is 4.44. The van der Waals surface area contributed by atoms with E-state index in [4.69, 9.17) is 0 Å². The van der Waals surface area contributed by atoms with Crippen molar-refractivity contribution < 1.29 is 0 Å². The van der Waals surface area contributed by atoms with E-state index in [-0.39, 0.29) is 0 Å². The summed E-state index contributed by atoms with van der Waals surface area (Å²) in [6, 6.07) is 0.930. The van der Waals surface area contributed by atoms with Crippen LogP contribution in [0.1, 0.15) is 32.1 Å². The molecular weight excluding hydrogens is 210 g/mol. The summed E-state index contributed by atoms with van der Waals surface area (Å²) in [5.74, 6) is 1.03. The molecule has 1 heterocycles. The van der Waals surface area contributed by atoms with Crippen molar-refractivity contribution in [3.8, 4) is 0 Å². The van der Waals surface area contributed by atoms with Crippen LogP contribution >= 0.6 is 0 Å². The summed E-state index contributed by atoms with van der Waals surface area (Å²) in [7, 11) is 4.27. The van der Waals surface area contributed by atoms with Gasteiger partial charge >= 0.3 is 0 Å². The molecule has 0 aromatic rings. The Morgan fingerprint density at radius 1 is 1.12 bits per heavy atom. The lowest BCUT2D eigenvalue weighted by Crippen LogP contribution is -2.40. The number of likely N-dealkylation sites (N-methyl/N-ethyl adjacent to an activating group) is 1. The molecular formula is C14H29N3. The zero-order chi connectivity index (χ0) is 12.1. The van der Waals surface area contributed by atoms with Crippen LogP contribution in [0.25, 0.3) is 0 Å². The van der Waals surface area contributed by atoms with Crippen molar-refractivity contribution in [3.05, 3.63) is 0 Å². The van der Waals surface area contributed by atoms with Crippen LogP contribution < -0.4 is 5.32 Å². The normalized spacial score (nSPS) is 29.8. The van der Waals surface area contributed by atoms with Gasteiger partial charge in [0.25, 0.3) is 0 Å². The van der Waals surface area contributed by atoms with Gasteiger partial charge in [-0.25, -0.2) is 0 Å².